The van der Waals surface area contributed by atoms with Gasteiger partial charge in [0, 0.05) is 4.88 Å². The molecular formula is C15H16ClNS. The summed E-state index contributed by atoms with van der Waals surface area (Å²) in [6, 6.07) is 8.87. The largest absolute Gasteiger partial charge is 0.377 e. The lowest BCUT2D eigenvalue weighted by molar-refractivity contribution is 0.609. The van der Waals surface area contributed by atoms with Crippen LogP contribution in [0.25, 0.3) is 0 Å². The van der Waals surface area contributed by atoms with Gasteiger partial charge in [-0.1, -0.05) is 17.7 Å². The summed E-state index contributed by atoms with van der Waals surface area (Å²) in [7, 11) is 0. The first-order chi connectivity index (χ1) is 8.74. The molecule has 94 valence electrons. The van der Waals surface area contributed by atoms with E-state index in [1.807, 2.05) is 17.4 Å². The quantitative estimate of drug-likeness (QED) is 0.796. The molecular weight excluding hydrogens is 262 g/mol. The van der Waals surface area contributed by atoms with Crippen molar-refractivity contribution in [3.63, 3.8) is 0 Å². The maximum absolute atomic E-state index is 6.29. The molecule has 3 rings (SSSR count). The minimum atomic E-state index is 0.417. The van der Waals surface area contributed by atoms with Crippen molar-refractivity contribution in [3.05, 3.63) is 50.7 Å². The van der Waals surface area contributed by atoms with Crippen LogP contribution in [0.4, 0.5) is 5.69 Å². The van der Waals surface area contributed by atoms with Crippen LogP contribution >= 0.6 is 22.9 Å². The van der Waals surface area contributed by atoms with E-state index in [9.17, 15) is 0 Å². The topological polar surface area (TPSA) is 12.0 Å². The molecule has 1 aliphatic rings. The molecule has 1 nitrogen and oxygen atoms in total. The molecule has 0 amide bonds. The molecule has 1 aromatic carbocycles. The van der Waals surface area contributed by atoms with Gasteiger partial charge in [-0.3, -0.25) is 0 Å². The number of thiophene rings is 1. The molecule has 0 saturated carbocycles. The molecule has 2 aromatic rings. The molecule has 0 radical (unpaired) electrons. The molecule has 1 N–H and O–H groups in total. The molecule has 1 aromatic heterocycles. The second-order valence-corrected chi connectivity index (χ2v) is 6.28. The fourth-order valence-electron chi connectivity index (χ4n) is 2.56. The number of benzene rings is 1. The highest BCUT2D eigenvalue weighted by Crippen LogP contribution is 2.36. The summed E-state index contributed by atoms with van der Waals surface area (Å²) >= 11 is 8.16. The Morgan fingerprint density at radius 3 is 3.06 bits per heavy atom. The minimum Gasteiger partial charge on any atom is -0.377 e. The SMILES string of the molecule is Cc1ccc(NC2CCCc3sccc32)c(Cl)c1. The van der Waals surface area contributed by atoms with Crippen molar-refractivity contribution in [2.75, 3.05) is 5.32 Å². The normalized spacial score (nSPS) is 18.4. The zero-order chi connectivity index (χ0) is 12.5. The number of nitrogens with one attached hydrogen (secondary N) is 1. The Labute approximate surface area is 117 Å². The van der Waals surface area contributed by atoms with E-state index < -0.39 is 0 Å². The second kappa shape index (κ2) is 4.94. The summed E-state index contributed by atoms with van der Waals surface area (Å²) in [6.45, 7) is 2.06. The van der Waals surface area contributed by atoms with Crippen LogP contribution in [0.1, 0.15) is 34.9 Å². The Balaban J connectivity index is 1.86. The number of anilines is 1. The molecule has 0 aliphatic heterocycles. The van der Waals surface area contributed by atoms with E-state index in [-0.39, 0.29) is 0 Å². The summed E-state index contributed by atoms with van der Waals surface area (Å²) in [4.78, 5) is 1.53. The van der Waals surface area contributed by atoms with Gasteiger partial charge >= 0.3 is 0 Å². The van der Waals surface area contributed by atoms with E-state index in [1.165, 1.54) is 35.3 Å². The average Bonchev–Trinajstić information content (AvgIpc) is 2.82. The molecule has 1 aliphatic carbocycles. The lowest BCUT2D eigenvalue weighted by atomic mass is 9.94. The van der Waals surface area contributed by atoms with Crippen LogP contribution in [0.2, 0.25) is 5.02 Å². The van der Waals surface area contributed by atoms with Crippen LogP contribution in [0.3, 0.4) is 0 Å². The van der Waals surface area contributed by atoms with Crippen LogP contribution < -0.4 is 5.32 Å². The number of fused-ring (bicyclic) bond motifs is 1. The minimum absolute atomic E-state index is 0.417. The average molecular weight is 278 g/mol. The second-order valence-electron chi connectivity index (χ2n) is 4.87. The van der Waals surface area contributed by atoms with E-state index >= 15 is 0 Å². The predicted molar refractivity (Wildman–Crippen MR) is 79.8 cm³/mol. The third-order valence-electron chi connectivity index (χ3n) is 3.51. The Morgan fingerprint density at radius 1 is 1.33 bits per heavy atom. The van der Waals surface area contributed by atoms with Crippen LogP contribution in [0, 0.1) is 6.92 Å². The zero-order valence-electron chi connectivity index (χ0n) is 10.4. The van der Waals surface area contributed by atoms with Crippen LogP contribution in [-0.2, 0) is 6.42 Å². The summed E-state index contributed by atoms with van der Waals surface area (Å²) in [5.41, 5.74) is 3.71. The lowest BCUT2D eigenvalue weighted by Gasteiger charge is -2.25. The number of rotatable bonds is 2. The number of hydrogen-bond donors (Lipinski definition) is 1. The van der Waals surface area contributed by atoms with Gasteiger partial charge in [0.1, 0.15) is 0 Å². The fourth-order valence-corrected chi connectivity index (χ4v) is 3.84. The van der Waals surface area contributed by atoms with Crippen molar-refractivity contribution in [2.24, 2.45) is 0 Å². The Hall–Kier alpha value is -0.990. The van der Waals surface area contributed by atoms with Crippen molar-refractivity contribution in [2.45, 2.75) is 32.2 Å². The van der Waals surface area contributed by atoms with E-state index in [4.69, 9.17) is 11.6 Å². The number of hydrogen-bond acceptors (Lipinski definition) is 2. The first-order valence-electron chi connectivity index (χ1n) is 6.33. The van der Waals surface area contributed by atoms with Gasteiger partial charge in [0.15, 0.2) is 0 Å². The highest BCUT2D eigenvalue weighted by atomic mass is 35.5. The monoisotopic (exact) mass is 277 g/mol. The van der Waals surface area contributed by atoms with Gasteiger partial charge in [-0.2, -0.15) is 0 Å². The maximum Gasteiger partial charge on any atom is 0.0640 e. The smallest absolute Gasteiger partial charge is 0.0640 e. The first-order valence-corrected chi connectivity index (χ1v) is 7.59. The van der Waals surface area contributed by atoms with Gasteiger partial charge in [0.25, 0.3) is 0 Å². The van der Waals surface area contributed by atoms with E-state index in [0.717, 1.165) is 10.7 Å². The molecule has 18 heavy (non-hydrogen) atoms. The van der Waals surface area contributed by atoms with Crippen molar-refractivity contribution in [3.8, 4) is 0 Å². The Morgan fingerprint density at radius 2 is 2.22 bits per heavy atom. The molecule has 0 bridgehead atoms. The summed E-state index contributed by atoms with van der Waals surface area (Å²) in [5, 5.41) is 6.61. The van der Waals surface area contributed by atoms with Gasteiger partial charge in [-0.05, 0) is 60.9 Å². The molecule has 1 heterocycles. The molecule has 0 saturated heterocycles. The Kier molecular flexibility index (Phi) is 3.31. The van der Waals surface area contributed by atoms with Crippen molar-refractivity contribution < 1.29 is 0 Å². The summed E-state index contributed by atoms with van der Waals surface area (Å²) in [6.07, 6.45) is 3.68. The third kappa shape index (κ3) is 2.27. The number of halogens is 1. The van der Waals surface area contributed by atoms with Crippen LogP contribution in [0.5, 0.6) is 0 Å². The van der Waals surface area contributed by atoms with Crippen LogP contribution in [-0.4, -0.2) is 0 Å². The standard InChI is InChI=1S/C15H16ClNS/c1-10-5-6-14(12(16)9-10)17-13-3-2-4-15-11(13)7-8-18-15/h5-9,13,17H,2-4H2,1H3. The lowest BCUT2D eigenvalue weighted by Crippen LogP contribution is -2.15. The molecule has 0 spiro atoms. The highest BCUT2D eigenvalue weighted by Gasteiger charge is 2.21. The van der Waals surface area contributed by atoms with Gasteiger partial charge in [0.05, 0.1) is 16.8 Å². The Bertz CT molecular complexity index is 561. The summed E-state index contributed by atoms with van der Waals surface area (Å²) in [5.74, 6) is 0. The summed E-state index contributed by atoms with van der Waals surface area (Å²) < 4.78 is 0. The van der Waals surface area contributed by atoms with E-state index in [1.54, 1.807) is 0 Å². The fraction of sp³-hybridized carbons (Fsp3) is 0.333. The van der Waals surface area contributed by atoms with Gasteiger partial charge in [-0.15, -0.1) is 11.3 Å². The molecule has 1 atom stereocenters. The van der Waals surface area contributed by atoms with Crippen molar-refractivity contribution in [1.82, 2.24) is 0 Å². The highest BCUT2D eigenvalue weighted by molar-refractivity contribution is 7.10. The molecule has 0 fully saturated rings. The molecule has 3 heteroatoms. The van der Waals surface area contributed by atoms with Crippen molar-refractivity contribution in [1.29, 1.82) is 0 Å². The predicted octanol–water partition coefficient (Wildman–Crippen LogP) is 5.20. The maximum atomic E-state index is 6.29. The van der Waals surface area contributed by atoms with Gasteiger partial charge < -0.3 is 5.32 Å². The van der Waals surface area contributed by atoms with Crippen molar-refractivity contribution >= 4 is 28.6 Å². The third-order valence-corrected chi connectivity index (χ3v) is 4.82. The van der Waals surface area contributed by atoms with E-state index in [0.29, 0.717) is 6.04 Å². The first kappa shape index (κ1) is 12.1. The number of aryl methyl sites for hydroxylation is 2. The van der Waals surface area contributed by atoms with E-state index in [2.05, 4.69) is 35.8 Å². The van der Waals surface area contributed by atoms with Crippen LogP contribution in [0.15, 0.2) is 29.6 Å². The van der Waals surface area contributed by atoms with Gasteiger partial charge in [-0.25, -0.2) is 0 Å². The van der Waals surface area contributed by atoms with Gasteiger partial charge in [0.2, 0.25) is 0 Å². The zero-order valence-corrected chi connectivity index (χ0v) is 11.9. The molecule has 1 unspecified atom stereocenters.